The minimum absolute atomic E-state index is 0.529. The molecule has 1 fully saturated rings. The number of rotatable bonds is 5. The van der Waals surface area contributed by atoms with E-state index in [1.165, 1.54) is 24.0 Å². The topological polar surface area (TPSA) is 39.7 Å². The van der Waals surface area contributed by atoms with E-state index in [0.717, 1.165) is 32.0 Å². The lowest BCUT2D eigenvalue weighted by Gasteiger charge is -2.38. The third kappa shape index (κ3) is 4.25. The van der Waals surface area contributed by atoms with Gasteiger partial charge in [-0.25, -0.2) is 0 Å². The fraction of sp³-hybridized carbons (Fsp3) is 0.632. The SMILES string of the molecule is CN=C(NCC(C(C)C)N1CCc2ccccc2C1)NC1CC1. The van der Waals surface area contributed by atoms with Gasteiger partial charge in [0.25, 0.3) is 0 Å². The smallest absolute Gasteiger partial charge is 0.191 e. The molecule has 2 aliphatic rings. The number of aliphatic imine (C=N–C) groups is 1. The summed E-state index contributed by atoms with van der Waals surface area (Å²) in [6.07, 6.45) is 3.71. The van der Waals surface area contributed by atoms with Gasteiger partial charge in [-0.15, -0.1) is 0 Å². The molecule has 4 heteroatoms. The Bertz CT molecular complexity index is 548. The van der Waals surface area contributed by atoms with Crippen LogP contribution >= 0.6 is 0 Å². The third-order valence-electron chi connectivity index (χ3n) is 5.02. The first-order valence-electron chi connectivity index (χ1n) is 8.95. The quantitative estimate of drug-likeness (QED) is 0.647. The van der Waals surface area contributed by atoms with E-state index in [9.17, 15) is 0 Å². The molecule has 0 radical (unpaired) electrons. The van der Waals surface area contributed by atoms with Crippen molar-refractivity contribution >= 4 is 5.96 Å². The van der Waals surface area contributed by atoms with Gasteiger partial charge in [-0.3, -0.25) is 9.89 Å². The van der Waals surface area contributed by atoms with Gasteiger partial charge in [0.15, 0.2) is 5.96 Å². The molecule has 1 atom stereocenters. The molecule has 1 aliphatic heterocycles. The van der Waals surface area contributed by atoms with E-state index < -0.39 is 0 Å². The third-order valence-corrected chi connectivity index (χ3v) is 5.02. The molecule has 1 aromatic carbocycles. The van der Waals surface area contributed by atoms with Gasteiger partial charge in [0.1, 0.15) is 0 Å². The van der Waals surface area contributed by atoms with Crippen molar-refractivity contribution in [1.82, 2.24) is 15.5 Å². The normalized spacial score (nSPS) is 20.3. The molecule has 0 bridgehead atoms. The van der Waals surface area contributed by atoms with E-state index in [4.69, 9.17) is 0 Å². The lowest BCUT2D eigenvalue weighted by molar-refractivity contribution is 0.140. The van der Waals surface area contributed by atoms with E-state index >= 15 is 0 Å². The summed E-state index contributed by atoms with van der Waals surface area (Å²) in [6.45, 7) is 7.81. The minimum atomic E-state index is 0.529. The van der Waals surface area contributed by atoms with Crippen molar-refractivity contribution in [3.63, 3.8) is 0 Å². The van der Waals surface area contributed by atoms with Crippen LogP contribution < -0.4 is 10.6 Å². The number of hydrogen-bond acceptors (Lipinski definition) is 2. The number of nitrogens with one attached hydrogen (secondary N) is 2. The second-order valence-corrected chi connectivity index (χ2v) is 7.17. The Kier molecular flexibility index (Phi) is 5.21. The Morgan fingerprint density at radius 2 is 2.00 bits per heavy atom. The fourth-order valence-electron chi connectivity index (χ4n) is 3.40. The first-order valence-corrected chi connectivity index (χ1v) is 8.95. The monoisotopic (exact) mass is 314 g/mol. The average Bonchev–Trinajstić information content (AvgIpc) is 3.37. The van der Waals surface area contributed by atoms with Crippen LogP contribution in [0.25, 0.3) is 0 Å². The summed E-state index contributed by atoms with van der Waals surface area (Å²) in [5.41, 5.74) is 3.01. The highest BCUT2D eigenvalue weighted by Crippen LogP contribution is 2.23. The standard InChI is InChI=1S/C19H30N4/c1-14(2)18(12-21-19(20-3)22-17-8-9-17)23-11-10-15-6-4-5-7-16(15)13-23/h4-7,14,17-18H,8-13H2,1-3H3,(H2,20,21,22). The van der Waals surface area contributed by atoms with Gasteiger partial charge in [-0.05, 0) is 36.3 Å². The first-order chi connectivity index (χ1) is 11.2. The molecular weight excluding hydrogens is 284 g/mol. The van der Waals surface area contributed by atoms with Crippen LogP contribution in [0.1, 0.15) is 37.8 Å². The molecule has 1 aliphatic carbocycles. The van der Waals surface area contributed by atoms with Crippen LogP contribution in [-0.2, 0) is 13.0 Å². The van der Waals surface area contributed by atoms with Gasteiger partial charge >= 0.3 is 0 Å². The summed E-state index contributed by atoms with van der Waals surface area (Å²) < 4.78 is 0. The summed E-state index contributed by atoms with van der Waals surface area (Å²) in [6, 6.07) is 10.0. The summed E-state index contributed by atoms with van der Waals surface area (Å²) in [4.78, 5) is 6.99. The van der Waals surface area contributed by atoms with Gasteiger partial charge in [-0.2, -0.15) is 0 Å². The fourth-order valence-corrected chi connectivity index (χ4v) is 3.40. The molecule has 126 valence electrons. The Labute approximate surface area is 140 Å². The molecule has 0 aromatic heterocycles. The molecule has 1 aromatic rings. The van der Waals surface area contributed by atoms with E-state index in [0.29, 0.717) is 18.0 Å². The molecule has 0 spiro atoms. The second kappa shape index (κ2) is 7.35. The summed E-state index contributed by atoms with van der Waals surface area (Å²) in [7, 11) is 1.86. The predicted octanol–water partition coefficient (Wildman–Crippen LogP) is 2.40. The zero-order valence-electron chi connectivity index (χ0n) is 14.7. The second-order valence-electron chi connectivity index (χ2n) is 7.17. The number of hydrogen-bond donors (Lipinski definition) is 2. The molecule has 0 amide bonds. The van der Waals surface area contributed by atoms with Gasteiger partial charge in [0, 0.05) is 38.8 Å². The molecule has 4 nitrogen and oxygen atoms in total. The molecule has 1 saturated carbocycles. The highest BCUT2D eigenvalue weighted by atomic mass is 15.2. The van der Waals surface area contributed by atoms with Crippen molar-refractivity contribution < 1.29 is 0 Å². The summed E-state index contributed by atoms with van der Waals surface area (Å²) in [5.74, 6) is 1.57. The lowest BCUT2D eigenvalue weighted by atomic mass is 9.95. The van der Waals surface area contributed by atoms with Crippen molar-refractivity contribution in [2.75, 3.05) is 20.1 Å². The van der Waals surface area contributed by atoms with Crippen molar-refractivity contribution in [3.8, 4) is 0 Å². The van der Waals surface area contributed by atoms with Crippen LogP contribution in [0.3, 0.4) is 0 Å². The van der Waals surface area contributed by atoms with Gasteiger partial charge in [0.05, 0.1) is 0 Å². The minimum Gasteiger partial charge on any atom is -0.355 e. The van der Waals surface area contributed by atoms with Gasteiger partial charge in [-0.1, -0.05) is 38.1 Å². The maximum atomic E-state index is 4.36. The summed E-state index contributed by atoms with van der Waals surface area (Å²) >= 11 is 0. The number of fused-ring (bicyclic) bond motifs is 1. The van der Waals surface area contributed by atoms with Gasteiger partial charge < -0.3 is 10.6 Å². The van der Waals surface area contributed by atoms with Crippen molar-refractivity contribution in [1.29, 1.82) is 0 Å². The molecule has 2 N–H and O–H groups in total. The van der Waals surface area contributed by atoms with Gasteiger partial charge in [0.2, 0.25) is 0 Å². The maximum Gasteiger partial charge on any atom is 0.191 e. The number of benzene rings is 1. The Morgan fingerprint density at radius 1 is 1.26 bits per heavy atom. The molecule has 1 heterocycles. The predicted molar refractivity (Wildman–Crippen MR) is 96.7 cm³/mol. The highest BCUT2D eigenvalue weighted by molar-refractivity contribution is 5.80. The first kappa shape index (κ1) is 16.3. The number of guanidine groups is 1. The van der Waals surface area contributed by atoms with Crippen LogP contribution in [0.4, 0.5) is 0 Å². The molecule has 1 unspecified atom stereocenters. The zero-order chi connectivity index (χ0) is 16.2. The lowest BCUT2D eigenvalue weighted by Crippen LogP contribution is -2.51. The van der Waals surface area contributed by atoms with Crippen LogP contribution in [-0.4, -0.2) is 43.1 Å². The van der Waals surface area contributed by atoms with Crippen molar-refractivity contribution in [3.05, 3.63) is 35.4 Å². The van der Waals surface area contributed by atoms with Crippen LogP contribution in [0, 0.1) is 5.92 Å². The van der Waals surface area contributed by atoms with E-state index in [-0.39, 0.29) is 0 Å². The van der Waals surface area contributed by atoms with E-state index in [2.05, 4.69) is 58.6 Å². The average molecular weight is 314 g/mol. The molecular formula is C19H30N4. The van der Waals surface area contributed by atoms with Crippen LogP contribution in [0.2, 0.25) is 0 Å². The number of nitrogens with zero attached hydrogens (tertiary/aromatic N) is 2. The highest BCUT2D eigenvalue weighted by Gasteiger charge is 2.27. The van der Waals surface area contributed by atoms with Crippen LogP contribution in [0.15, 0.2) is 29.3 Å². The van der Waals surface area contributed by atoms with Crippen molar-refractivity contribution in [2.24, 2.45) is 10.9 Å². The summed E-state index contributed by atoms with van der Waals surface area (Å²) in [5, 5.41) is 7.01. The molecule has 23 heavy (non-hydrogen) atoms. The Morgan fingerprint density at radius 3 is 2.65 bits per heavy atom. The van der Waals surface area contributed by atoms with E-state index in [1.54, 1.807) is 0 Å². The van der Waals surface area contributed by atoms with Crippen LogP contribution in [0.5, 0.6) is 0 Å². The largest absolute Gasteiger partial charge is 0.355 e. The molecule has 3 rings (SSSR count). The Hall–Kier alpha value is -1.55. The zero-order valence-corrected chi connectivity index (χ0v) is 14.7. The maximum absolute atomic E-state index is 4.36. The van der Waals surface area contributed by atoms with E-state index in [1.807, 2.05) is 7.05 Å². The Balaban J connectivity index is 1.60. The van der Waals surface area contributed by atoms with Crippen molar-refractivity contribution in [2.45, 2.75) is 51.7 Å². The molecule has 0 saturated heterocycles.